The maximum atomic E-state index is 14.0. The van der Waals surface area contributed by atoms with Gasteiger partial charge in [0.25, 0.3) is 0 Å². The molecule has 8 heteroatoms. The van der Waals surface area contributed by atoms with Crippen LogP contribution in [-0.4, -0.2) is 58.9 Å². The quantitative estimate of drug-likeness (QED) is 0.619. The molecule has 0 amide bonds. The first kappa shape index (κ1) is 21.6. The van der Waals surface area contributed by atoms with Crippen molar-refractivity contribution in [2.24, 2.45) is 0 Å². The number of fused-ring (bicyclic) bond motifs is 1. The lowest BCUT2D eigenvalue weighted by Crippen LogP contribution is -2.55. The predicted molar refractivity (Wildman–Crippen MR) is 125 cm³/mol. The number of aliphatic hydroxyl groups is 1. The van der Waals surface area contributed by atoms with Crippen LogP contribution in [0.3, 0.4) is 0 Å². The van der Waals surface area contributed by atoms with E-state index in [-0.39, 0.29) is 11.8 Å². The van der Waals surface area contributed by atoms with Gasteiger partial charge < -0.3 is 20.1 Å². The molecule has 2 aliphatic heterocycles. The Kier molecular flexibility index (Phi) is 6.11. The van der Waals surface area contributed by atoms with E-state index in [4.69, 9.17) is 4.74 Å². The molecular formula is C25H28FN5O2. The molecular weight excluding hydrogens is 421 g/mol. The summed E-state index contributed by atoms with van der Waals surface area (Å²) >= 11 is 0. The Morgan fingerprint density at radius 3 is 2.76 bits per heavy atom. The van der Waals surface area contributed by atoms with E-state index < -0.39 is 11.9 Å². The van der Waals surface area contributed by atoms with E-state index in [0.717, 1.165) is 38.3 Å². The van der Waals surface area contributed by atoms with Crippen molar-refractivity contribution in [2.75, 3.05) is 37.0 Å². The van der Waals surface area contributed by atoms with Crippen molar-refractivity contribution < 1.29 is 14.2 Å². The molecule has 5 rings (SSSR count). The van der Waals surface area contributed by atoms with E-state index >= 15 is 0 Å². The van der Waals surface area contributed by atoms with Gasteiger partial charge in [0, 0.05) is 38.3 Å². The van der Waals surface area contributed by atoms with Crippen LogP contribution in [0.4, 0.5) is 21.7 Å². The van der Waals surface area contributed by atoms with Gasteiger partial charge in [-0.2, -0.15) is 0 Å². The molecule has 172 valence electrons. The molecule has 33 heavy (non-hydrogen) atoms. The van der Waals surface area contributed by atoms with Crippen LogP contribution in [0.25, 0.3) is 0 Å². The van der Waals surface area contributed by atoms with E-state index in [2.05, 4.69) is 49.4 Å². The molecule has 2 N–H and O–H groups in total. The third-order valence-electron chi connectivity index (χ3n) is 6.59. The number of hydrogen-bond donors (Lipinski definition) is 2. The minimum Gasteiger partial charge on any atom is -0.492 e. The molecule has 3 heterocycles. The number of para-hydroxylation sites is 1. The Bertz CT molecular complexity index is 1130. The Balaban J connectivity index is 1.26. The number of hydrogen-bond acceptors (Lipinski definition) is 7. The van der Waals surface area contributed by atoms with Gasteiger partial charge in [0.2, 0.25) is 0 Å². The molecule has 2 atom stereocenters. The fraction of sp³-hybridized carbons (Fsp3) is 0.360. The molecule has 0 saturated carbocycles. The first-order valence-electron chi connectivity index (χ1n) is 11.3. The van der Waals surface area contributed by atoms with Crippen LogP contribution in [0.1, 0.15) is 17.5 Å². The van der Waals surface area contributed by atoms with Crippen LogP contribution in [0.5, 0.6) is 5.75 Å². The zero-order chi connectivity index (χ0) is 22.8. The minimum atomic E-state index is -0.473. The largest absolute Gasteiger partial charge is 0.492 e. The highest BCUT2D eigenvalue weighted by Gasteiger charge is 2.34. The number of rotatable bonds is 5. The summed E-state index contributed by atoms with van der Waals surface area (Å²) in [4.78, 5) is 13.2. The molecule has 7 nitrogen and oxygen atoms in total. The van der Waals surface area contributed by atoms with Gasteiger partial charge in [-0.05, 0) is 36.1 Å². The second-order valence-electron chi connectivity index (χ2n) is 8.57. The number of aromatic nitrogens is 2. The summed E-state index contributed by atoms with van der Waals surface area (Å²) < 4.78 is 19.2. The molecule has 2 aromatic carbocycles. The molecule has 1 aromatic heterocycles. The Labute approximate surface area is 192 Å². The maximum Gasteiger partial charge on any atom is 0.178 e. The number of methoxy groups -OCH3 is 1. The lowest BCUT2D eigenvalue weighted by Gasteiger charge is -2.43. The van der Waals surface area contributed by atoms with Gasteiger partial charge >= 0.3 is 0 Å². The summed E-state index contributed by atoms with van der Waals surface area (Å²) in [5.74, 6) is 0.955. The van der Waals surface area contributed by atoms with Gasteiger partial charge in [-0.15, -0.1) is 0 Å². The number of anilines is 3. The van der Waals surface area contributed by atoms with Gasteiger partial charge in [-0.25, -0.2) is 14.4 Å². The predicted octanol–water partition coefficient (Wildman–Crippen LogP) is 3.37. The van der Waals surface area contributed by atoms with Crippen molar-refractivity contribution in [1.82, 2.24) is 14.9 Å². The Hall–Kier alpha value is -3.23. The second-order valence-corrected chi connectivity index (χ2v) is 8.57. The number of halogens is 1. The highest BCUT2D eigenvalue weighted by molar-refractivity contribution is 5.66. The van der Waals surface area contributed by atoms with Crippen molar-refractivity contribution in [3.05, 3.63) is 71.8 Å². The molecule has 1 unspecified atom stereocenters. The van der Waals surface area contributed by atoms with Gasteiger partial charge in [0.15, 0.2) is 11.6 Å². The second kappa shape index (κ2) is 9.33. The number of β-amino-alcohol motifs (C(OH)–C–C–N with tert-alkyl or cyclic N) is 1. The average Bonchev–Trinajstić information content (AvgIpc) is 2.84. The lowest BCUT2D eigenvalue weighted by atomic mass is 9.94. The monoisotopic (exact) mass is 449 g/mol. The van der Waals surface area contributed by atoms with E-state index in [1.807, 2.05) is 6.07 Å². The topological polar surface area (TPSA) is 73.8 Å². The number of ether oxygens (including phenoxy) is 1. The number of nitrogens with one attached hydrogen (secondary N) is 1. The SMILES string of the molecule is COc1c(F)cccc1Nc1cc(N2CCC(N3CCc4ccccc4C3)[C@H](O)C2)ncn1. The Morgan fingerprint density at radius 1 is 1.09 bits per heavy atom. The van der Waals surface area contributed by atoms with Crippen LogP contribution >= 0.6 is 0 Å². The van der Waals surface area contributed by atoms with E-state index in [9.17, 15) is 9.50 Å². The molecule has 0 aliphatic carbocycles. The number of nitrogens with zero attached hydrogens (tertiary/aromatic N) is 4. The van der Waals surface area contributed by atoms with Gasteiger partial charge in [-0.1, -0.05) is 30.3 Å². The summed E-state index contributed by atoms with van der Waals surface area (Å²) in [6.45, 7) is 3.15. The third kappa shape index (κ3) is 4.49. The fourth-order valence-corrected chi connectivity index (χ4v) is 4.89. The lowest BCUT2D eigenvalue weighted by molar-refractivity contribution is 0.0293. The molecule has 0 radical (unpaired) electrons. The van der Waals surface area contributed by atoms with Crippen molar-refractivity contribution in [3.63, 3.8) is 0 Å². The smallest absolute Gasteiger partial charge is 0.178 e. The van der Waals surface area contributed by atoms with Crippen molar-refractivity contribution >= 4 is 17.3 Å². The number of aliphatic hydroxyl groups excluding tert-OH is 1. The van der Waals surface area contributed by atoms with Crippen molar-refractivity contribution in [2.45, 2.75) is 31.5 Å². The number of piperidine rings is 1. The maximum absolute atomic E-state index is 14.0. The molecule has 1 saturated heterocycles. The van der Waals surface area contributed by atoms with Crippen LogP contribution in [0.15, 0.2) is 54.9 Å². The summed E-state index contributed by atoms with van der Waals surface area (Å²) in [6, 6.07) is 15.2. The zero-order valence-electron chi connectivity index (χ0n) is 18.6. The van der Waals surface area contributed by atoms with E-state index in [1.165, 1.54) is 30.6 Å². The highest BCUT2D eigenvalue weighted by Crippen LogP contribution is 2.31. The van der Waals surface area contributed by atoms with Gasteiger partial charge in [-0.3, -0.25) is 4.90 Å². The highest BCUT2D eigenvalue weighted by atomic mass is 19.1. The summed E-state index contributed by atoms with van der Waals surface area (Å²) in [5.41, 5.74) is 3.26. The van der Waals surface area contributed by atoms with E-state index in [0.29, 0.717) is 18.1 Å². The van der Waals surface area contributed by atoms with Crippen LogP contribution in [0, 0.1) is 5.82 Å². The minimum absolute atomic E-state index is 0.130. The van der Waals surface area contributed by atoms with E-state index in [1.54, 1.807) is 12.1 Å². The summed E-state index contributed by atoms with van der Waals surface area (Å²) in [5, 5.41) is 14.1. The van der Waals surface area contributed by atoms with Gasteiger partial charge in [0.1, 0.15) is 18.0 Å². The molecule has 0 bridgehead atoms. The normalized spacial score (nSPS) is 20.9. The number of benzene rings is 2. The zero-order valence-corrected chi connectivity index (χ0v) is 18.6. The average molecular weight is 450 g/mol. The van der Waals surface area contributed by atoms with Crippen molar-refractivity contribution in [1.29, 1.82) is 0 Å². The van der Waals surface area contributed by atoms with Crippen LogP contribution < -0.4 is 15.0 Å². The molecule has 2 aliphatic rings. The first-order valence-corrected chi connectivity index (χ1v) is 11.3. The third-order valence-corrected chi connectivity index (χ3v) is 6.59. The summed E-state index contributed by atoms with van der Waals surface area (Å²) in [6.07, 6.45) is 2.88. The summed E-state index contributed by atoms with van der Waals surface area (Å²) in [7, 11) is 1.43. The Morgan fingerprint density at radius 2 is 1.94 bits per heavy atom. The van der Waals surface area contributed by atoms with Gasteiger partial charge in [0.05, 0.1) is 18.9 Å². The first-order chi connectivity index (χ1) is 16.1. The molecule has 0 spiro atoms. The standard InChI is InChI=1S/C25H28FN5O2/c1-33-25-19(26)7-4-8-20(25)29-23-13-24(28-16-27-23)31-12-10-21(22(32)15-31)30-11-9-17-5-2-3-6-18(17)14-30/h2-8,13,16,21-22,32H,9-12,14-15H2,1H3,(H,27,28,29)/t21?,22-/m1/s1. The van der Waals surface area contributed by atoms with Crippen molar-refractivity contribution in [3.8, 4) is 5.75 Å². The molecule has 3 aromatic rings. The molecule has 1 fully saturated rings. The van der Waals surface area contributed by atoms with Crippen LogP contribution in [0.2, 0.25) is 0 Å². The fourth-order valence-electron chi connectivity index (χ4n) is 4.89. The van der Waals surface area contributed by atoms with Crippen LogP contribution in [-0.2, 0) is 13.0 Å².